The SMILES string of the molecule is Cc1csc(CN2CCn3cc(C(=O)NC4CCCC4)nc3[C@H]2C)n1. The molecule has 0 spiro atoms. The Morgan fingerprint density at radius 3 is 2.84 bits per heavy atom. The van der Waals surface area contributed by atoms with Gasteiger partial charge in [-0.05, 0) is 26.7 Å². The number of aromatic nitrogens is 3. The zero-order valence-corrected chi connectivity index (χ0v) is 15.7. The molecule has 0 saturated heterocycles. The van der Waals surface area contributed by atoms with E-state index in [0.717, 1.165) is 49.0 Å². The van der Waals surface area contributed by atoms with E-state index in [1.165, 1.54) is 12.8 Å². The Labute approximate surface area is 152 Å². The van der Waals surface area contributed by atoms with E-state index in [1.54, 1.807) is 11.3 Å². The maximum Gasteiger partial charge on any atom is 0.271 e. The number of imidazole rings is 1. The van der Waals surface area contributed by atoms with E-state index < -0.39 is 0 Å². The van der Waals surface area contributed by atoms with Crippen LogP contribution in [0.2, 0.25) is 0 Å². The number of amides is 1. The van der Waals surface area contributed by atoms with Gasteiger partial charge in [-0.1, -0.05) is 12.8 Å². The van der Waals surface area contributed by atoms with Crippen LogP contribution >= 0.6 is 11.3 Å². The van der Waals surface area contributed by atoms with E-state index in [9.17, 15) is 4.79 Å². The summed E-state index contributed by atoms with van der Waals surface area (Å²) in [4.78, 5) is 24.1. The molecule has 2 aromatic heterocycles. The third-order valence-corrected chi connectivity index (χ3v) is 6.24. The van der Waals surface area contributed by atoms with Gasteiger partial charge in [0.15, 0.2) is 0 Å². The van der Waals surface area contributed by atoms with Crippen LogP contribution in [-0.2, 0) is 13.1 Å². The Morgan fingerprint density at radius 1 is 1.32 bits per heavy atom. The lowest BCUT2D eigenvalue weighted by Crippen LogP contribution is -2.36. The molecule has 0 radical (unpaired) electrons. The average molecular weight is 359 g/mol. The standard InChI is InChI=1S/C18H25N5OS/c1-12-11-25-16(19-12)10-22-7-8-23-9-15(21-17(23)13(22)2)18(24)20-14-5-3-4-6-14/h9,11,13-14H,3-8,10H2,1-2H3,(H,20,24)/t13-/m1/s1. The highest BCUT2D eigenvalue weighted by atomic mass is 32.1. The molecular weight excluding hydrogens is 334 g/mol. The van der Waals surface area contributed by atoms with Gasteiger partial charge in [0.2, 0.25) is 0 Å². The minimum absolute atomic E-state index is 0.0249. The van der Waals surface area contributed by atoms with E-state index in [-0.39, 0.29) is 11.9 Å². The van der Waals surface area contributed by atoms with E-state index in [4.69, 9.17) is 0 Å². The number of nitrogens with zero attached hydrogens (tertiary/aromatic N) is 4. The van der Waals surface area contributed by atoms with E-state index in [2.05, 4.69) is 37.1 Å². The molecule has 25 heavy (non-hydrogen) atoms. The number of hydrogen-bond acceptors (Lipinski definition) is 5. The third kappa shape index (κ3) is 3.48. The summed E-state index contributed by atoms with van der Waals surface area (Å²) >= 11 is 1.71. The van der Waals surface area contributed by atoms with E-state index in [0.29, 0.717) is 11.7 Å². The molecule has 1 saturated carbocycles. The average Bonchev–Trinajstić information content (AvgIpc) is 3.31. The van der Waals surface area contributed by atoms with Crippen LogP contribution in [0.3, 0.4) is 0 Å². The van der Waals surface area contributed by atoms with Gasteiger partial charge >= 0.3 is 0 Å². The quantitative estimate of drug-likeness (QED) is 0.912. The van der Waals surface area contributed by atoms with Gasteiger partial charge in [-0.3, -0.25) is 9.69 Å². The van der Waals surface area contributed by atoms with Crippen molar-refractivity contribution < 1.29 is 4.79 Å². The first-order valence-electron chi connectivity index (χ1n) is 9.13. The summed E-state index contributed by atoms with van der Waals surface area (Å²) < 4.78 is 2.14. The molecule has 4 rings (SSSR count). The fourth-order valence-electron chi connectivity index (χ4n) is 3.84. The Balaban J connectivity index is 1.46. The number of fused-ring (bicyclic) bond motifs is 1. The van der Waals surface area contributed by atoms with Crippen LogP contribution in [-0.4, -0.2) is 37.9 Å². The summed E-state index contributed by atoms with van der Waals surface area (Å²) in [6.07, 6.45) is 6.54. The van der Waals surface area contributed by atoms with Gasteiger partial charge in [-0.15, -0.1) is 11.3 Å². The molecule has 134 valence electrons. The highest BCUT2D eigenvalue weighted by Gasteiger charge is 2.28. The van der Waals surface area contributed by atoms with Crippen molar-refractivity contribution in [2.24, 2.45) is 0 Å². The summed E-state index contributed by atoms with van der Waals surface area (Å²) in [6, 6.07) is 0.513. The molecule has 1 fully saturated rings. The van der Waals surface area contributed by atoms with Crippen molar-refractivity contribution in [3.8, 4) is 0 Å². The minimum Gasteiger partial charge on any atom is -0.348 e. The Hall–Kier alpha value is -1.73. The molecule has 1 aliphatic heterocycles. The zero-order chi connectivity index (χ0) is 17.4. The fraction of sp³-hybridized carbons (Fsp3) is 0.611. The molecule has 2 aliphatic rings. The smallest absolute Gasteiger partial charge is 0.271 e. The molecule has 2 aromatic rings. The first-order valence-corrected chi connectivity index (χ1v) is 10.0. The second-order valence-electron chi connectivity index (χ2n) is 7.16. The summed E-state index contributed by atoms with van der Waals surface area (Å²) in [6.45, 7) is 6.86. The maximum atomic E-state index is 12.5. The van der Waals surface area contributed by atoms with Crippen molar-refractivity contribution in [2.75, 3.05) is 6.54 Å². The molecule has 1 amide bonds. The van der Waals surface area contributed by atoms with Crippen LogP contribution in [0, 0.1) is 6.92 Å². The monoisotopic (exact) mass is 359 g/mol. The minimum atomic E-state index is -0.0249. The van der Waals surface area contributed by atoms with Crippen LogP contribution in [0.15, 0.2) is 11.6 Å². The van der Waals surface area contributed by atoms with E-state index in [1.807, 2.05) is 13.1 Å². The molecule has 6 nitrogen and oxygen atoms in total. The van der Waals surface area contributed by atoms with Gasteiger partial charge in [-0.25, -0.2) is 9.97 Å². The van der Waals surface area contributed by atoms with Gasteiger partial charge < -0.3 is 9.88 Å². The van der Waals surface area contributed by atoms with Gasteiger partial charge in [0.1, 0.15) is 16.5 Å². The lowest BCUT2D eigenvalue weighted by atomic mass is 10.2. The molecule has 0 aromatic carbocycles. The summed E-state index contributed by atoms with van der Waals surface area (Å²) in [7, 11) is 0. The van der Waals surface area contributed by atoms with Crippen LogP contribution in [0.5, 0.6) is 0 Å². The van der Waals surface area contributed by atoms with Gasteiger partial charge in [0.05, 0.1) is 12.6 Å². The van der Waals surface area contributed by atoms with Crippen molar-refractivity contribution >= 4 is 17.2 Å². The number of rotatable bonds is 4. The van der Waals surface area contributed by atoms with Gasteiger partial charge in [0.25, 0.3) is 5.91 Å². The van der Waals surface area contributed by atoms with Crippen molar-refractivity contribution in [2.45, 2.75) is 64.7 Å². The predicted octanol–water partition coefficient (Wildman–Crippen LogP) is 2.90. The van der Waals surface area contributed by atoms with Crippen LogP contribution in [0.1, 0.15) is 65.7 Å². The maximum absolute atomic E-state index is 12.5. The first kappa shape index (κ1) is 16.7. The van der Waals surface area contributed by atoms with Gasteiger partial charge in [0, 0.05) is 36.4 Å². The summed E-state index contributed by atoms with van der Waals surface area (Å²) in [5.41, 5.74) is 1.64. The second kappa shape index (κ2) is 6.88. The molecular formula is C18H25N5OS. The fourth-order valence-corrected chi connectivity index (χ4v) is 4.64. The van der Waals surface area contributed by atoms with E-state index >= 15 is 0 Å². The molecule has 1 aliphatic carbocycles. The molecule has 0 bridgehead atoms. The lowest BCUT2D eigenvalue weighted by molar-refractivity contribution is 0.0933. The number of hydrogen-bond donors (Lipinski definition) is 1. The van der Waals surface area contributed by atoms with Crippen molar-refractivity contribution in [1.82, 2.24) is 24.8 Å². The Morgan fingerprint density at radius 2 is 2.12 bits per heavy atom. The summed E-state index contributed by atoms with van der Waals surface area (Å²) in [5, 5.41) is 6.37. The molecule has 1 N–H and O–H groups in total. The molecule has 3 heterocycles. The Kier molecular flexibility index (Phi) is 4.60. The number of thiazole rings is 1. The van der Waals surface area contributed by atoms with Gasteiger partial charge in [-0.2, -0.15) is 0 Å². The lowest BCUT2D eigenvalue weighted by Gasteiger charge is -2.32. The number of carbonyl (C=O) groups excluding carboxylic acids is 1. The number of nitrogens with one attached hydrogen (secondary N) is 1. The van der Waals surface area contributed by atoms with Crippen LogP contribution < -0.4 is 5.32 Å². The predicted molar refractivity (Wildman–Crippen MR) is 97.6 cm³/mol. The number of aryl methyl sites for hydroxylation is 1. The first-order chi connectivity index (χ1) is 12.1. The van der Waals surface area contributed by atoms with Crippen LogP contribution in [0.25, 0.3) is 0 Å². The normalized spacial score (nSPS) is 21.4. The van der Waals surface area contributed by atoms with Crippen molar-refractivity contribution in [3.63, 3.8) is 0 Å². The number of carbonyl (C=O) groups is 1. The zero-order valence-electron chi connectivity index (χ0n) is 14.9. The third-order valence-electron chi connectivity index (χ3n) is 5.28. The molecule has 0 unspecified atom stereocenters. The van der Waals surface area contributed by atoms with Crippen LogP contribution in [0.4, 0.5) is 0 Å². The summed E-state index contributed by atoms with van der Waals surface area (Å²) in [5.74, 6) is 0.958. The molecule has 7 heteroatoms. The topological polar surface area (TPSA) is 63.1 Å². The largest absolute Gasteiger partial charge is 0.348 e. The second-order valence-corrected chi connectivity index (χ2v) is 8.10. The molecule has 1 atom stereocenters. The highest BCUT2D eigenvalue weighted by molar-refractivity contribution is 7.09. The highest BCUT2D eigenvalue weighted by Crippen LogP contribution is 2.27. The Bertz CT molecular complexity index is 761. The van der Waals surface area contributed by atoms with Crippen molar-refractivity contribution in [1.29, 1.82) is 0 Å². The van der Waals surface area contributed by atoms with Crippen molar-refractivity contribution in [3.05, 3.63) is 33.8 Å².